The average Bonchev–Trinajstić information content (AvgIpc) is 3.23. The van der Waals surface area contributed by atoms with Crippen LogP contribution in [0.4, 0.5) is 5.69 Å². The molecule has 2 amide bonds. The molecule has 1 fully saturated rings. The Labute approximate surface area is 199 Å². The molecule has 0 bridgehead atoms. The zero-order chi connectivity index (χ0) is 23.9. The van der Waals surface area contributed by atoms with Crippen LogP contribution in [0.1, 0.15) is 49.5 Å². The molecule has 1 aliphatic heterocycles. The normalized spacial score (nSPS) is 20.8. The van der Waals surface area contributed by atoms with Gasteiger partial charge in [-0.25, -0.2) is 0 Å². The first-order valence-corrected chi connectivity index (χ1v) is 11.9. The summed E-state index contributed by atoms with van der Waals surface area (Å²) in [5, 5.41) is 4.25. The van der Waals surface area contributed by atoms with E-state index in [0.717, 1.165) is 36.6 Å². The van der Waals surface area contributed by atoms with Gasteiger partial charge in [0, 0.05) is 35.1 Å². The smallest absolute Gasteiger partial charge is 0.275 e. The van der Waals surface area contributed by atoms with Crippen molar-refractivity contribution in [1.29, 1.82) is 0 Å². The van der Waals surface area contributed by atoms with Crippen molar-refractivity contribution in [3.05, 3.63) is 54.2 Å². The number of nitrogens with one attached hydrogen (secondary N) is 1. The number of nitrogens with zero attached hydrogens (tertiary/aromatic N) is 2. The molecule has 1 aromatic heterocycles. The van der Waals surface area contributed by atoms with Crippen LogP contribution in [0.15, 0.2) is 48.5 Å². The van der Waals surface area contributed by atoms with Gasteiger partial charge in [-0.15, -0.1) is 0 Å². The van der Waals surface area contributed by atoms with Crippen molar-refractivity contribution in [2.45, 2.75) is 57.2 Å². The van der Waals surface area contributed by atoms with Gasteiger partial charge < -0.3 is 19.4 Å². The predicted molar refractivity (Wildman–Crippen MR) is 132 cm³/mol. The first-order chi connectivity index (χ1) is 16.4. The van der Waals surface area contributed by atoms with Crippen LogP contribution < -0.4 is 19.7 Å². The predicted octanol–water partition coefficient (Wildman–Crippen LogP) is 4.53. The third-order valence-electron chi connectivity index (χ3n) is 7.22. The van der Waals surface area contributed by atoms with Crippen molar-refractivity contribution in [3.8, 4) is 11.5 Å². The minimum Gasteiger partial charge on any atom is -0.497 e. The van der Waals surface area contributed by atoms with Gasteiger partial charge >= 0.3 is 0 Å². The Hall–Kier alpha value is -3.48. The Bertz CT molecular complexity index is 1220. The summed E-state index contributed by atoms with van der Waals surface area (Å²) in [5.74, 6) is 0.753. The van der Waals surface area contributed by atoms with Crippen molar-refractivity contribution < 1.29 is 19.1 Å². The summed E-state index contributed by atoms with van der Waals surface area (Å²) in [6, 6.07) is 15.3. The number of rotatable bonds is 5. The van der Waals surface area contributed by atoms with Crippen LogP contribution in [0.3, 0.4) is 0 Å². The lowest BCUT2D eigenvalue weighted by atomic mass is 9.91. The number of carbonyl (C=O) groups is 2. The van der Waals surface area contributed by atoms with E-state index in [-0.39, 0.29) is 17.9 Å². The highest BCUT2D eigenvalue weighted by Crippen LogP contribution is 2.39. The second-order valence-corrected chi connectivity index (χ2v) is 9.47. The highest BCUT2D eigenvalue weighted by molar-refractivity contribution is 6.14. The van der Waals surface area contributed by atoms with Gasteiger partial charge in [0.1, 0.15) is 22.7 Å². The van der Waals surface area contributed by atoms with Crippen LogP contribution in [0.2, 0.25) is 0 Å². The minimum absolute atomic E-state index is 0.137. The van der Waals surface area contributed by atoms with E-state index in [4.69, 9.17) is 9.47 Å². The third kappa shape index (κ3) is 3.69. The molecule has 2 heterocycles. The fourth-order valence-electron chi connectivity index (χ4n) is 5.36. The molecule has 1 atom stereocenters. The van der Waals surface area contributed by atoms with Crippen LogP contribution in [0.5, 0.6) is 11.5 Å². The number of amides is 2. The monoisotopic (exact) mass is 461 g/mol. The fourth-order valence-corrected chi connectivity index (χ4v) is 5.36. The molecule has 0 radical (unpaired) electrons. The van der Waals surface area contributed by atoms with Crippen molar-refractivity contribution in [1.82, 2.24) is 9.88 Å². The van der Waals surface area contributed by atoms with Crippen molar-refractivity contribution >= 4 is 28.4 Å². The second kappa shape index (κ2) is 8.70. The molecule has 178 valence electrons. The molecule has 0 spiro atoms. The molecule has 7 nitrogen and oxygen atoms in total. The Morgan fingerprint density at radius 1 is 1.00 bits per heavy atom. The van der Waals surface area contributed by atoms with E-state index in [1.807, 2.05) is 41.8 Å². The van der Waals surface area contributed by atoms with Crippen molar-refractivity contribution in [2.75, 3.05) is 19.1 Å². The van der Waals surface area contributed by atoms with Crippen LogP contribution in [-0.2, 0) is 11.3 Å². The maximum Gasteiger partial charge on any atom is 0.275 e. The first kappa shape index (κ1) is 22.3. The van der Waals surface area contributed by atoms with Crippen LogP contribution in [0.25, 0.3) is 10.9 Å². The number of carbonyl (C=O) groups excluding carboxylic acids is 2. The molecule has 7 heteroatoms. The lowest BCUT2D eigenvalue weighted by Gasteiger charge is -2.44. The van der Waals surface area contributed by atoms with Crippen LogP contribution >= 0.6 is 0 Å². The molecule has 1 saturated carbocycles. The third-order valence-corrected chi connectivity index (χ3v) is 7.22. The molecule has 2 aromatic carbocycles. The molecule has 0 unspecified atom stereocenters. The summed E-state index contributed by atoms with van der Waals surface area (Å²) in [6.45, 7) is 2.20. The summed E-state index contributed by atoms with van der Waals surface area (Å²) in [6.07, 6.45) is 5.38. The van der Waals surface area contributed by atoms with E-state index in [9.17, 15) is 9.59 Å². The number of hydrogen-bond acceptors (Lipinski definition) is 4. The van der Waals surface area contributed by atoms with Gasteiger partial charge in [0.2, 0.25) is 5.91 Å². The summed E-state index contributed by atoms with van der Waals surface area (Å²) in [4.78, 5) is 29.6. The molecule has 1 N–H and O–H groups in total. The Morgan fingerprint density at radius 2 is 1.68 bits per heavy atom. The molecular formula is C27H31N3O4. The fraction of sp³-hybridized carbons (Fsp3) is 0.407. The van der Waals surface area contributed by atoms with Gasteiger partial charge in [-0.1, -0.05) is 37.5 Å². The van der Waals surface area contributed by atoms with Gasteiger partial charge in [0.15, 0.2) is 0 Å². The van der Waals surface area contributed by atoms with E-state index in [0.29, 0.717) is 29.4 Å². The molecule has 34 heavy (non-hydrogen) atoms. The van der Waals surface area contributed by atoms with Gasteiger partial charge in [-0.05, 0) is 31.9 Å². The summed E-state index contributed by atoms with van der Waals surface area (Å²) in [5.41, 5.74) is 0.941. The number of hydrogen-bond donors (Lipinski definition) is 1. The van der Waals surface area contributed by atoms with E-state index >= 15 is 0 Å². The SMILES string of the molecule is COc1cc(OC)cc(N2C(=O)c3cc4ccccc4n3C[C@@]2(C)C(=O)NC2CCCCC2)c1. The van der Waals surface area contributed by atoms with E-state index in [2.05, 4.69) is 5.32 Å². The van der Waals surface area contributed by atoms with E-state index in [1.165, 1.54) is 6.42 Å². The largest absolute Gasteiger partial charge is 0.497 e. The first-order valence-electron chi connectivity index (χ1n) is 11.9. The molecular weight excluding hydrogens is 430 g/mol. The topological polar surface area (TPSA) is 72.8 Å². The number of anilines is 1. The number of para-hydroxylation sites is 1. The second-order valence-electron chi connectivity index (χ2n) is 9.47. The minimum atomic E-state index is -1.14. The molecule has 0 saturated heterocycles. The zero-order valence-corrected chi connectivity index (χ0v) is 20.0. The van der Waals surface area contributed by atoms with Crippen LogP contribution in [0, 0.1) is 0 Å². The van der Waals surface area contributed by atoms with Gasteiger partial charge in [0.25, 0.3) is 5.91 Å². The lowest BCUT2D eigenvalue weighted by Crippen LogP contribution is -2.65. The van der Waals surface area contributed by atoms with E-state index < -0.39 is 5.54 Å². The Morgan fingerprint density at radius 3 is 2.35 bits per heavy atom. The number of ether oxygens (including phenoxy) is 2. The van der Waals surface area contributed by atoms with Crippen molar-refractivity contribution in [3.63, 3.8) is 0 Å². The molecule has 2 aliphatic rings. The summed E-state index contributed by atoms with van der Waals surface area (Å²) < 4.78 is 12.9. The zero-order valence-electron chi connectivity index (χ0n) is 20.0. The van der Waals surface area contributed by atoms with Gasteiger partial charge in [-0.3, -0.25) is 14.5 Å². The number of methoxy groups -OCH3 is 2. The number of fused-ring (bicyclic) bond motifs is 3. The quantitative estimate of drug-likeness (QED) is 0.606. The Balaban J connectivity index is 1.64. The maximum atomic E-state index is 14.0. The Kier molecular flexibility index (Phi) is 5.71. The van der Waals surface area contributed by atoms with Crippen molar-refractivity contribution in [2.24, 2.45) is 0 Å². The maximum absolute atomic E-state index is 14.0. The number of benzene rings is 2. The molecule has 1 aliphatic carbocycles. The molecule has 3 aromatic rings. The van der Waals surface area contributed by atoms with Crippen LogP contribution in [-0.4, -0.2) is 42.2 Å². The number of aromatic nitrogens is 1. The van der Waals surface area contributed by atoms with E-state index in [1.54, 1.807) is 37.3 Å². The summed E-state index contributed by atoms with van der Waals surface area (Å²) in [7, 11) is 3.15. The lowest BCUT2D eigenvalue weighted by molar-refractivity contribution is -0.127. The average molecular weight is 462 g/mol. The summed E-state index contributed by atoms with van der Waals surface area (Å²) >= 11 is 0. The standard InChI is InChI=1S/C27H31N3O4/c1-27(26(32)28-19-10-5-4-6-11-19)17-29-23-12-8-7-9-18(23)13-24(29)25(31)30(27)20-14-21(33-2)16-22(15-20)34-3/h7-9,12-16,19H,4-6,10-11,17H2,1-3H3,(H,28,32)/t27-/m0/s1. The highest BCUT2D eigenvalue weighted by atomic mass is 16.5. The highest BCUT2D eigenvalue weighted by Gasteiger charge is 2.49. The van der Waals surface area contributed by atoms with Gasteiger partial charge in [-0.2, -0.15) is 0 Å². The molecule has 5 rings (SSSR count). The van der Waals surface area contributed by atoms with Gasteiger partial charge in [0.05, 0.1) is 26.5 Å².